The molecule has 0 bridgehead atoms. The SMILES string of the molecule is CCC(C)N(CC(=O)N1CCc2sccc2C1c1ccc(Cl)cc1Cl)C(=O)Cc1ccc(OC)cc1. The van der Waals surface area contributed by atoms with E-state index in [2.05, 4.69) is 11.4 Å². The van der Waals surface area contributed by atoms with Gasteiger partial charge in [0.15, 0.2) is 0 Å². The van der Waals surface area contributed by atoms with E-state index >= 15 is 0 Å². The van der Waals surface area contributed by atoms with E-state index in [0.717, 1.165) is 35.3 Å². The number of carbonyl (C=O) groups excluding carboxylic acids is 2. The smallest absolute Gasteiger partial charge is 0.243 e. The van der Waals surface area contributed by atoms with Crippen LogP contribution >= 0.6 is 34.5 Å². The van der Waals surface area contributed by atoms with Crippen LogP contribution in [0.5, 0.6) is 5.75 Å². The van der Waals surface area contributed by atoms with Gasteiger partial charge < -0.3 is 14.5 Å². The van der Waals surface area contributed by atoms with Crippen LogP contribution < -0.4 is 4.74 Å². The van der Waals surface area contributed by atoms with Gasteiger partial charge in [0.1, 0.15) is 12.3 Å². The summed E-state index contributed by atoms with van der Waals surface area (Å²) in [4.78, 5) is 32.0. The first kappa shape index (κ1) is 26.5. The fraction of sp³-hybridized carbons (Fsp3) is 0.357. The number of ether oxygens (including phenoxy) is 1. The maximum absolute atomic E-state index is 13.8. The molecule has 2 aromatic carbocycles. The Hall–Kier alpha value is -2.54. The number of hydrogen-bond acceptors (Lipinski definition) is 4. The average Bonchev–Trinajstić information content (AvgIpc) is 3.36. The molecule has 4 rings (SSSR count). The third kappa shape index (κ3) is 5.72. The molecule has 0 N–H and O–H groups in total. The van der Waals surface area contributed by atoms with E-state index in [1.165, 1.54) is 4.88 Å². The molecule has 0 fully saturated rings. The Morgan fingerprint density at radius 1 is 1.14 bits per heavy atom. The molecule has 2 amide bonds. The topological polar surface area (TPSA) is 49.9 Å². The lowest BCUT2D eigenvalue weighted by molar-refractivity contribution is -0.143. The number of thiophene rings is 1. The molecule has 5 nitrogen and oxygen atoms in total. The Labute approximate surface area is 226 Å². The maximum atomic E-state index is 13.8. The summed E-state index contributed by atoms with van der Waals surface area (Å²) in [7, 11) is 1.61. The summed E-state index contributed by atoms with van der Waals surface area (Å²) < 4.78 is 5.22. The zero-order valence-electron chi connectivity index (χ0n) is 20.7. The molecule has 1 aliphatic rings. The lowest BCUT2D eigenvalue weighted by Gasteiger charge is -2.39. The van der Waals surface area contributed by atoms with Crippen molar-refractivity contribution < 1.29 is 14.3 Å². The molecule has 2 heterocycles. The van der Waals surface area contributed by atoms with Gasteiger partial charge in [-0.05, 0) is 72.2 Å². The molecule has 1 aliphatic heterocycles. The van der Waals surface area contributed by atoms with Crippen LogP contribution in [0.15, 0.2) is 53.9 Å². The van der Waals surface area contributed by atoms with Gasteiger partial charge in [-0.15, -0.1) is 11.3 Å². The number of rotatable bonds is 8. The molecule has 0 radical (unpaired) electrons. The van der Waals surface area contributed by atoms with E-state index in [9.17, 15) is 9.59 Å². The number of carbonyl (C=O) groups is 2. The standard InChI is InChI=1S/C28H30Cl2N2O3S/c1-4-18(2)32(26(33)15-19-5-8-21(35-3)9-6-19)17-27(34)31-13-11-25-23(12-14-36-25)28(31)22-10-7-20(29)16-24(22)30/h5-10,12,14,16,18,28H,4,11,13,15,17H2,1-3H3. The van der Waals surface area contributed by atoms with Crippen molar-refractivity contribution in [1.29, 1.82) is 0 Å². The molecule has 2 atom stereocenters. The second kappa shape index (κ2) is 11.7. The minimum Gasteiger partial charge on any atom is -0.497 e. The first-order valence-corrected chi connectivity index (χ1v) is 13.7. The Bertz CT molecular complexity index is 1230. The summed E-state index contributed by atoms with van der Waals surface area (Å²) >= 11 is 14.5. The lowest BCUT2D eigenvalue weighted by atomic mass is 9.93. The molecule has 3 aromatic rings. The quantitative estimate of drug-likeness (QED) is 0.329. The van der Waals surface area contributed by atoms with Crippen molar-refractivity contribution in [2.45, 2.75) is 45.2 Å². The largest absolute Gasteiger partial charge is 0.497 e. The van der Waals surface area contributed by atoms with Crippen LogP contribution in [0.4, 0.5) is 0 Å². The second-order valence-electron chi connectivity index (χ2n) is 9.01. The van der Waals surface area contributed by atoms with Gasteiger partial charge >= 0.3 is 0 Å². The minimum atomic E-state index is -0.312. The van der Waals surface area contributed by atoms with Crippen molar-refractivity contribution in [2.24, 2.45) is 0 Å². The van der Waals surface area contributed by atoms with Crippen LogP contribution in [0.3, 0.4) is 0 Å². The fourth-order valence-electron chi connectivity index (χ4n) is 4.61. The van der Waals surface area contributed by atoms with E-state index in [0.29, 0.717) is 16.6 Å². The van der Waals surface area contributed by atoms with Gasteiger partial charge in [0, 0.05) is 27.5 Å². The maximum Gasteiger partial charge on any atom is 0.243 e. The Morgan fingerprint density at radius 3 is 2.56 bits per heavy atom. The van der Waals surface area contributed by atoms with Crippen molar-refractivity contribution in [2.75, 3.05) is 20.2 Å². The summed E-state index contributed by atoms with van der Waals surface area (Å²) in [6.45, 7) is 4.60. The van der Waals surface area contributed by atoms with Crippen LogP contribution in [0.25, 0.3) is 0 Å². The van der Waals surface area contributed by atoms with Crippen molar-refractivity contribution in [3.8, 4) is 5.75 Å². The number of hydrogen-bond donors (Lipinski definition) is 0. The van der Waals surface area contributed by atoms with Crippen LogP contribution in [0.2, 0.25) is 10.0 Å². The summed E-state index contributed by atoms with van der Waals surface area (Å²) in [5, 5.41) is 3.13. The van der Waals surface area contributed by atoms with E-state index in [-0.39, 0.29) is 36.9 Å². The van der Waals surface area contributed by atoms with Gasteiger partial charge in [-0.2, -0.15) is 0 Å². The van der Waals surface area contributed by atoms with E-state index in [1.807, 2.05) is 49.1 Å². The van der Waals surface area contributed by atoms with Gasteiger partial charge in [0.2, 0.25) is 11.8 Å². The second-order valence-corrected chi connectivity index (χ2v) is 10.9. The summed E-state index contributed by atoms with van der Waals surface area (Å²) in [6, 6.07) is 14.5. The third-order valence-electron chi connectivity index (χ3n) is 6.81. The summed E-state index contributed by atoms with van der Waals surface area (Å²) in [6.07, 6.45) is 1.76. The van der Waals surface area contributed by atoms with Crippen LogP contribution in [-0.2, 0) is 22.4 Å². The summed E-state index contributed by atoms with van der Waals surface area (Å²) in [5.41, 5.74) is 2.81. The number of amides is 2. The molecule has 1 aromatic heterocycles. The number of halogens is 2. The molecule has 2 unspecified atom stereocenters. The zero-order chi connectivity index (χ0) is 25.8. The molecule has 0 aliphatic carbocycles. The van der Waals surface area contributed by atoms with Crippen LogP contribution in [0, 0.1) is 0 Å². The predicted molar refractivity (Wildman–Crippen MR) is 146 cm³/mol. The number of nitrogens with zero attached hydrogens (tertiary/aromatic N) is 2. The highest BCUT2D eigenvalue weighted by Crippen LogP contribution is 2.41. The molecular weight excluding hydrogens is 515 g/mol. The van der Waals surface area contributed by atoms with E-state index < -0.39 is 0 Å². The number of benzene rings is 2. The van der Waals surface area contributed by atoms with Crippen LogP contribution in [0.1, 0.15) is 47.9 Å². The summed E-state index contributed by atoms with van der Waals surface area (Å²) in [5.74, 6) is 0.577. The molecule has 0 saturated carbocycles. The Kier molecular flexibility index (Phi) is 8.60. The number of fused-ring (bicyclic) bond motifs is 1. The molecule has 8 heteroatoms. The Morgan fingerprint density at radius 2 is 1.89 bits per heavy atom. The van der Waals surface area contributed by atoms with Crippen molar-refractivity contribution >= 4 is 46.4 Å². The van der Waals surface area contributed by atoms with Gasteiger partial charge in [-0.1, -0.05) is 48.3 Å². The highest BCUT2D eigenvalue weighted by Gasteiger charge is 2.35. The zero-order valence-corrected chi connectivity index (χ0v) is 23.0. The molecule has 36 heavy (non-hydrogen) atoms. The fourth-order valence-corrected chi connectivity index (χ4v) is 6.03. The minimum absolute atomic E-state index is 0.0190. The lowest BCUT2D eigenvalue weighted by Crippen LogP contribution is -2.49. The highest BCUT2D eigenvalue weighted by molar-refractivity contribution is 7.10. The normalized spacial score (nSPS) is 15.8. The van der Waals surface area contributed by atoms with Crippen molar-refractivity contribution in [3.05, 3.63) is 85.5 Å². The first-order valence-electron chi connectivity index (χ1n) is 12.1. The third-order valence-corrected chi connectivity index (χ3v) is 8.37. The van der Waals surface area contributed by atoms with Gasteiger partial charge in [-0.3, -0.25) is 9.59 Å². The molecule has 0 spiro atoms. The average molecular weight is 546 g/mol. The molecule has 0 saturated heterocycles. The van der Waals surface area contributed by atoms with Gasteiger partial charge in [0.05, 0.1) is 19.6 Å². The van der Waals surface area contributed by atoms with E-state index in [1.54, 1.807) is 35.5 Å². The Balaban J connectivity index is 1.59. The molecular formula is C28H30Cl2N2O3S. The molecule has 190 valence electrons. The number of methoxy groups -OCH3 is 1. The highest BCUT2D eigenvalue weighted by atomic mass is 35.5. The van der Waals surface area contributed by atoms with Crippen molar-refractivity contribution in [1.82, 2.24) is 9.80 Å². The monoisotopic (exact) mass is 544 g/mol. The first-order chi connectivity index (χ1) is 17.3. The predicted octanol–water partition coefficient (Wildman–Crippen LogP) is 6.41. The van der Waals surface area contributed by atoms with Crippen LogP contribution in [-0.4, -0.2) is 47.9 Å². The van der Waals surface area contributed by atoms with Gasteiger partial charge in [0.25, 0.3) is 0 Å². The van der Waals surface area contributed by atoms with Crippen molar-refractivity contribution in [3.63, 3.8) is 0 Å². The van der Waals surface area contributed by atoms with Gasteiger partial charge in [-0.25, -0.2) is 0 Å². The van der Waals surface area contributed by atoms with E-state index in [4.69, 9.17) is 27.9 Å².